The Morgan fingerprint density at radius 3 is 2.60 bits per heavy atom. The van der Waals surface area contributed by atoms with Crippen LogP contribution in [0.3, 0.4) is 0 Å². The lowest BCUT2D eigenvalue weighted by Crippen LogP contribution is -2.15. The standard InChI is InChI=1S/C17H17N3/c1-12-4-5-14-10-15(7-6-13(14)9-12)16(11-18)17-3-2-8-19-20-17/h2-10,16H,11,18H2,1H3. The largest absolute Gasteiger partial charge is 0.329 e. The van der Waals surface area contributed by atoms with Gasteiger partial charge in [0.15, 0.2) is 0 Å². The van der Waals surface area contributed by atoms with E-state index >= 15 is 0 Å². The quantitative estimate of drug-likeness (QED) is 0.790. The first-order chi connectivity index (χ1) is 9.78. The van der Waals surface area contributed by atoms with Crippen LogP contribution in [0.2, 0.25) is 0 Å². The highest BCUT2D eigenvalue weighted by molar-refractivity contribution is 5.84. The molecule has 1 heterocycles. The third-order valence-corrected chi connectivity index (χ3v) is 3.61. The zero-order valence-electron chi connectivity index (χ0n) is 11.5. The Balaban J connectivity index is 2.06. The monoisotopic (exact) mass is 263 g/mol. The van der Waals surface area contributed by atoms with Crippen LogP contribution in [0.15, 0.2) is 54.7 Å². The molecule has 1 aromatic heterocycles. The molecule has 0 spiro atoms. The van der Waals surface area contributed by atoms with Gasteiger partial charge in [0.05, 0.1) is 5.69 Å². The summed E-state index contributed by atoms with van der Waals surface area (Å²) in [7, 11) is 0. The second-order valence-corrected chi connectivity index (χ2v) is 5.05. The summed E-state index contributed by atoms with van der Waals surface area (Å²) in [6.07, 6.45) is 1.68. The van der Waals surface area contributed by atoms with Crippen LogP contribution < -0.4 is 5.73 Å². The molecule has 0 saturated carbocycles. The van der Waals surface area contributed by atoms with E-state index in [0.29, 0.717) is 6.54 Å². The van der Waals surface area contributed by atoms with Crippen LogP contribution in [0.25, 0.3) is 10.8 Å². The number of aromatic nitrogens is 2. The van der Waals surface area contributed by atoms with Crippen molar-refractivity contribution in [3.63, 3.8) is 0 Å². The van der Waals surface area contributed by atoms with Gasteiger partial charge in [-0.3, -0.25) is 0 Å². The highest BCUT2D eigenvalue weighted by Gasteiger charge is 2.14. The van der Waals surface area contributed by atoms with E-state index in [1.165, 1.54) is 21.9 Å². The minimum atomic E-state index is 0.0920. The molecule has 3 aromatic rings. The fourth-order valence-corrected chi connectivity index (χ4v) is 2.53. The molecule has 2 aromatic carbocycles. The van der Waals surface area contributed by atoms with Crippen molar-refractivity contribution in [3.05, 3.63) is 71.5 Å². The molecule has 0 radical (unpaired) electrons. The van der Waals surface area contributed by atoms with Crippen molar-refractivity contribution >= 4 is 10.8 Å². The second-order valence-electron chi connectivity index (χ2n) is 5.05. The highest BCUT2D eigenvalue weighted by atomic mass is 15.1. The van der Waals surface area contributed by atoms with Gasteiger partial charge in [-0.15, -0.1) is 0 Å². The molecule has 3 nitrogen and oxygen atoms in total. The molecule has 0 bridgehead atoms. The minimum Gasteiger partial charge on any atom is -0.329 e. The van der Waals surface area contributed by atoms with Crippen LogP contribution in [-0.4, -0.2) is 16.7 Å². The van der Waals surface area contributed by atoms with Gasteiger partial charge in [0.2, 0.25) is 0 Å². The van der Waals surface area contributed by atoms with Crippen molar-refractivity contribution in [2.45, 2.75) is 12.8 Å². The van der Waals surface area contributed by atoms with Gasteiger partial charge in [0.1, 0.15) is 0 Å². The third kappa shape index (κ3) is 2.40. The van der Waals surface area contributed by atoms with Crippen LogP contribution in [0.4, 0.5) is 0 Å². The SMILES string of the molecule is Cc1ccc2cc(C(CN)c3cccnn3)ccc2c1. The van der Waals surface area contributed by atoms with E-state index in [4.69, 9.17) is 5.73 Å². The number of nitrogens with two attached hydrogens (primary N) is 1. The molecule has 0 aliphatic carbocycles. The number of rotatable bonds is 3. The number of fused-ring (bicyclic) bond motifs is 1. The van der Waals surface area contributed by atoms with Crippen molar-refractivity contribution in [2.75, 3.05) is 6.54 Å². The van der Waals surface area contributed by atoms with Gasteiger partial charge in [-0.25, -0.2) is 0 Å². The average molecular weight is 263 g/mol. The maximum Gasteiger partial charge on any atom is 0.0718 e. The molecule has 0 amide bonds. The maximum absolute atomic E-state index is 5.94. The molecular formula is C17H17N3. The third-order valence-electron chi connectivity index (χ3n) is 3.61. The van der Waals surface area contributed by atoms with E-state index < -0.39 is 0 Å². The van der Waals surface area contributed by atoms with Crippen LogP contribution in [0.5, 0.6) is 0 Å². The van der Waals surface area contributed by atoms with Crippen molar-refractivity contribution in [1.29, 1.82) is 0 Å². The normalized spacial score (nSPS) is 12.5. The maximum atomic E-state index is 5.94. The zero-order valence-corrected chi connectivity index (χ0v) is 11.5. The number of benzene rings is 2. The Labute approximate surface area is 118 Å². The Bertz CT molecular complexity index is 723. The van der Waals surface area contributed by atoms with Gasteiger partial charge < -0.3 is 5.73 Å². The minimum absolute atomic E-state index is 0.0920. The van der Waals surface area contributed by atoms with E-state index in [1.54, 1.807) is 6.20 Å². The summed E-state index contributed by atoms with van der Waals surface area (Å²) in [6, 6.07) is 16.8. The molecule has 1 atom stereocenters. The molecular weight excluding hydrogens is 246 g/mol. The molecule has 0 saturated heterocycles. The number of hydrogen-bond donors (Lipinski definition) is 1. The van der Waals surface area contributed by atoms with Crippen LogP contribution >= 0.6 is 0 Å². The summed E-state index contributed by atoms with van der Waals surface area (Å²) in [5.74, 6) is 0.0920. The molecule has 20 heavy (non-hydrogen) atoms. The molecule has 1 unspecified atom stereocenters. The molecule has 0 aliphatic rings. The fourth-order valence-electron chi connectivity index (χ4n) is 2.53. The first-order valence-corrected chi connectivity index (χ1v) is 6.76. The molecule has 3 heteroatoms. The Morgan fingerprint density at radius 1 is 1.05 bits per heavy atom. The van der Waals surface area contributed by atoms with Crippen molar-refractivity contribution in [2.24, 2.45) is 5.73 Å². The summed E-state index contributed by atoms with van der Waals surface area (Å²) in [5, 5.41) is 10.6. The van der Waals surface area contributed by atoms with Gasteiger partial charge in [-0.2, -0.15) is 10.2 Å². The van der Waals surface area contributed by atoms with Gasteiger partial charge in [-0.1, -0.05) is 42.0 Å². The molecule has 100 valence electrons. The van der Waals surface area contributed by atoms with Gasteiger partial charge in [0, 0.05) is 18.7 Å². The van der Waals surface area contributed by atoms with Crippen LogP contribution in [0.1, 0.15) is 22.7 Å². The Kier molecular flexibility index (Phi) is 3.44. The van der Waals surface area contributed by atoms with Crippen LogP contribution in [0, 0.1) is 6.92 Å². The molecule has 2 N–H and O–H groups in total. The molecule has 0 aliphatic heterocycles. The number of hydrogen-bond acceptors (Lipinski definition) is 3. The summed E-state index contributed by atoms with van der Waals surface area (Å²) in [6.45, 7) is 2.63. The first kappa shape index (κ1) is 12.8. The highest BCUT2D eigenvalue weighted by Crippen LogP contribution is 2.25. The summed E-state index contributed by atoms with van der Waals surface area (Å²) >= 11 is 0. The Morgan fingerprint density at radius 2 is 1.85 bits per heavy atom. The average Bonchev–Trinajstić information content (AvgIpc) is 2.49. The van der Waals surface area contributed by atoms with Gasteiger partial charge in [-0.05, 0) is 35.4 Å². The van der Waals surface area contributed by atoms with Gasteiger partial charge in [0.25, 0.3) is 0 Å². The van der Waals surface area contributed by atoms with E-state index in [1.807, 2.05) is 12.1 Å². The smallest absolute Gasteiger partial charge is 0.0718 e. The number of aryl methyl sites for hydroxylation is 1. The summed E-state index contributed by atoms with van der Waals surface area (Å²) in [4.78, 5) is 0. The van der Waals surface area contributed by atoms with Crippen molar-refractivity contribution < 1.29 is 0 Å². The summed E-state index contributed by atoms with van der Waals surface area (Å²) < 4.78 is 0. The van der Waals surface area contributed by atoms with Crippen molar-refractivity contribution in [1.82, 2.24) is 10.2 Å². The van der Waals surface area contributed by atoms with E-state index in [9.17, 15) is 0 Å². The lowest BCUT2D eigenvalue weighted by atomic mass is 9.93. The fraction of sp³-hybridized carbons (Fsp3) is 0.176. The zero-order chi connectivity index (χ0) is 13.9. The predicted octanol–water partition coefficient (Wildman–Crippen LogP) is 3.03. The molecule has 0 fully saturated rings. The van der Waals surface area contributed by atoms with E-state index in [-0.39, 0.29) is 5.92 Å². The first-order valence-electron chi connectivity index (χ1n) is 6.76. The van der Waals surface area contributed by atoms with Gasteiger partial charge >= 0.3 is 0 Å². The predicted molar refractivity (Wildman–Crippen MR) is 81.6 cm³/mol. The summed E-state index contributed by atoms with van der Waals surface area (Å²) in [5.41, 5.74) is 9.31. The van der Waals surface area contributed by atoms with Crippen LogP contribution in [-0.2, 0) is 0 Å². The lowest BCUT2D eigenvalue weighted by Gasteiger charge is -2.15. The topological polar surface area (TPSA) is 51.8 Å². The number of nitrogens with zero attached hydrogens (tertiary/aromatic N) is 2. The molecule has 3 rings (SSSR count). The van der Waals surface area contributed by atoms with E-state index in [0.717, 1.165) is 5.69 Å². The van der Waals surface area contributed by atoms with Crippen molar-refractivity contribution in [3.8, 4) is 0 Å². The van der Waals surface area contributed by atoms with E-state index in [2.05, 4.69) is 53.5 Å². The lowest BCUT2D eigenvalue weighted by molar-refractivity contribution is 0.761. The Hall–Kier alpha value is -2.26. The second kappa shape index (κ2) is 5.39.